The molecule has 6 nitrogen and oxygen atoms in total. The second-order valence-corrected chi connectivity index (χ2v) is 5.98. The minimum atomic E-state index is 0.369. The molecule has 0 radical (unpaired) electrons. The van der Waals surface area contributed by atoms with Crippen LogP contribution in [0.3, 0.4) is 0 Å². The third-order valence-electron chi connectivity index (χ3n) is 4.05. The van der Waals surface area contributed by atoms with Gasteiger partial charge in [0.05, 0.1) is 11.1 Å². The fourth-order valence-corrected chi connectivity index (χ4v) is 2.90. The second-order valence-electron chi connectivity index (χ2n) is 5.98. The van der Waals surface area contributed by atoms with Gasteiger partial charge in [-0.2, -0.15) is 5.10 Å². The highest BCUT2D eigenvalue weighted by molar-refractivity contribution is 5.87. The molecular formula is C16H22N6. The van der Waals surface area contributed by atoms with Crippen molar-refractivity contribution < 1.29 is 0 Å². The molecule has 0 aliphatic carbocycles. The summed E-state index contributed by atoms with van der Waals surface area (Å²) in [6.07, 6.45) is 3.49. The van der Waals surface area contributed by atoms with Crippen molar-refractivity contribution >= 4 is 16.9 Å². The van der Waals surface area contributed by atoms with Crippen LogP contribution in [0.15, 0.2) is 18.6 Å². The molecule has 0 bridgehead atoms. The Hall–Kier alpha value is -2.37. The highest BCUT2D eigenvalue weighted by atomic mass is 15.3. The van der Waals surface area contributed by atoms with Crippen molar-refractivity contribution in [3.63, 3.8) is 0 Å². The van der Waals surface area contributed by atoms with Crippen LogP contribution in [0.4, 0.5) is 5.82 Å². The lowest BCUT2D eigenvalue weighted by molar-refractivity contribution is 0.515. The first-order valence-electron chi connectivity index (χ1n) is 7.53. The molecule has 0 aliphatic heterocycles. The van der Waals surface area contributed by atoms with Crippen LogP contribution in [0.5, 0.6) is 0 Å². The number of fused-ring (bicyclic) bond motifs is 1. The molecule has 3 rings (SSSR count). The molecule has 0 spiro atoms. The standard InChI is InChI=1S/C16H22N6/c1-10(2)22-12(4)14(11(3)20-22)8-21(5)16-13-6-7-17-15(13)18-9-19-16/h6-7,9-10H,8H2,1-5H3,(H,17,18,19). The lowest BCUT2D eigenvalue weighted by Crippen LogP contribution is -2.19. The van der Waals surface area contributed by atoms with E-state index in [2.05, 4.69) is 64.4 Å². The van der Waals surface area contributed by atoms with Gasteiger partial charge in [-0.25, -0.2) is 9.97 Å². The zero-order chi connectivity index (χ0) is 15.9. The minimum absolute atomic E-state index is 0.369. The summed E-state index contributed by atoms with van der Waals surface area (Å²) in [5, 5.41) is 5.70. The van der Waals surface area contributed by atoms with Gasteiger partial charge in [0.1, 0.15) is 17.8 Å². The third-order valence-corrected chi connectivity index (χ3v) is 4.05. The number of hydrogen-bond donors (Lipinski definition) is 1. The van der Waals surface area contributed by atoms with Gasteiger partial charge in [0, 0.05) is 37.1 Å². The van der Waals surface area contributed by atoms with Crippen LogP contribution >= 0.6 is 0 Å². The molecule has 0 saturated carbocycles. The number of hydrogen-bond acceptors (Lipinski definition) is 4. The van der Waals surface area contributed by atoms with Gasteiger partial charge in [-0.1, -0.05) is 0 Å². The van der Waals surface area contributed by atoms with Crippen LogP contribution in [-0.2, 0) is 6.54 Å². The number of nitrogens with zero attached hydrogens (tertiary/aromatic N) is 5. The number of anilines is 1. The number of nitrogens with one attached hydrogen (secondary N) is 1. The Morgan fingerprint density at radius 1 is 1.27 bits per heavy atom. The summed E-state index contributed by atoms with van der Waals surface area (Å²) in [5.74, 6) is 0.933. The molecule has 116 valence electrons. The van der Waals surface area contributed by atoms with E-state index in [1.807, 2.05) is 12.3 Å². The van der Waals surface area contributed by atoms with E-state index < -0.39 is 0 Å². The maximum Gasteiger partial charge on any atom is 0.142 e. The molecule has 3 aromatic rings. The average molecular weight is 298 g/mol. The van der Waals surface area contributed by atoms with Crippen molar-refractivity contribution in [1.82, 2.24) is 24.7 Å². The third kappa shape index (κ3) is 2.34. The zero-order valence-corrected chi connectivity index (χ0v) is 13.8. The summed E-state index contributed by atoms with van der Waals surface area (Å²) in [4.78, 5) is 14.0. The number of H-pyrrole nitrogens is 1. The molecule has 22 heavy (non-hydrogen) atoms. The van der Waals surface area contributed by atoms with E-state index in [9.17, 15) is 0 Å². The average Bonchev–Trinajstić information content (AvgIpc) is 3.06. The highest BCUT2D eigenvalue weighted by Crippen LogP contribution is 2.25. The quantitative estimate of drug-likeness (QED) is 0.804. The van der Waals surface area contributed by atoms with Gasteiger partial charge in [0.15, 0.2) is 0 Å². The van der Waals surface area contributed by atoms with Crippen LogP contribution in [0.2, 0.25) is 0 Å². The first-order chi connectivity index (χ1) is 10.5. The maximum absolute atomic E-state index is 4.66. The summed E-state index contributed by atoms with van der Waals surface area (Å²) in [5.41, 5.74) is 4.43. The maximum atomic E-state index is 4.66. The van der Waals surface area contributed by atoms with E-state index in [0.29, 0.717) is 6.04 Å². The molecule has 0 saturated heterocycles. The summed E-state index contributed by atoms with van der Waals surface area (Å²) in [6.45, 7) is 9.29. The predicted molar refractivity (Wildman–Crippen MR) is 88.1 cm³/mol. The minimum Gasteiger partial charge on any atom is -0.355 e. The molecule has 0 fully saturated rings. The molecule has 3 aromatic heterocycles. The van der Waals surface area contributed by atoms with Crippen molar-refractivity contribution in [3.05, 3.63) is 35.5 Å². The van der Waals surface area contributed by atoms with E-state index in [-0.39, 0.29) is 0 Å². The van der Waals surface area contributed by atoms with Gasteiger partial charge < -0.3 is 9.88 Å². The van der Waals surface area contributed by atoms with Crippen molar-refractivity contribution in [2.75, 3.05) is 11.9 Å². The van der Waals surface area contributed by atoms with Crippen LogP contribution in [0.25, 0.3) is 11.0 Å². The topological polar surface area (TPSA) is 62.6 Å². The molecule has 3 heterocycles. The molecule has 0 aliphatic rings. The highest BCUT2D eigenvalue weighted by Gasteiger charge is 2.17. The lowest BCUT2D eigenvalue weighted by Gasteiger charge is -2.19. The van der Waals surface area contributed by atoms with Gasteiger partial charge in [-0.15, -0.1) is 0 Å². The van der Waals surface area contributed by atoms with Crippen molar-refractivity contribution in [2.45, 2.75) is 40.3 Å². The number of aromatic nitrogens is 5. The van der Waals surface area contributed by atoms with E-state index >= 15 is 0 Å². The van der Waals surface area contributed by atoms with E-state index in [0.717, 1.165) is 29.1 Å². The Morgan fingerprint density at radius 2 is 2.05 bits per heavy atom. The normalized spacial score (nSPS) is 11.5. The molecule has 0 atom stereocenters. The number of aromatic amines is 1. The monoisotopic (exact) mass is 298 g/mol. The van der Waals surface area contributed by atoms with Gasteiger partial charge >= 0.3 is 0 Å². The number of rotatable bonds is 4. The Labute approximate surface area is 130 Å². The fourth-order valence-electron chi connectivity index (χ4n) is 2.90. The van der Waals surface area contributed by atoms with Gasteiger partial charge in [0.25, 0.3) is 0 Å². The molecule has 1 N–H and O–H groups in total. The molecule has 0 aromatic carbocycles. The van der Waals surface area contributed by atoms with Gasteiger partial charge in [-0.3, -0.25) is 4.68 Å². The molecule has 0 unspecified atom stereocenters. The van der Waals surface area contributed by atoms with Crippen LogP contribution in [0, 0.1) is 13.8 Å². The Balaban J connectivity index is 1.95. The fraction of sp³-hybridized carbons (Fsp3) is 0.438. The van der Waals surface area contributed by atoms with Crippen molar-refractivity contribution in [3.8, 4) is 0 Å². The van der Waals surface area contributed by atoms with E-state index in [1.54, 1.807) is 6.33 Å². The van der Waals surface area contributed by atoms with Crippen LogP contribution < -0.4 is 4.90 Å². The summed E-state index contributed by atoms with van der Waals surface area (Å²) in [6, 6.07) is 2.38. The Kier molecular flexibility index (Phi) is 3.60. The Morgan fingerprint density at radius 3 is 2.73 bits per heavy atom. The molecule has 6 heteroatoms. The summed E-state index contributed by atoms with van der Waals surface area (Å²) >= 11 is 0. The first-order valence-corrected chi connectivity index (χ1v) is 7.53. The second kappa shape index (κ2) is 5.44. The zero-order valence-electron chi connectivity index (χ0n) is 13.8. The molecule has 0 amide bonds. The smallest absolute Gasteiger partial charge is 0.142 e. The lowest BCUT2D eigenvalue weighted by atomic mass is 10.2. The predicted octanol–water partition coefficient (Wildman–Crippen LogP) is 2.99. The summed E-state index contributed by atoms with van der Waals surface area (Å²) in [7, 11) is 2.06. The first kappa shape index (κ1) is 14.6. The summed E-state index contributed by atoms with van der Waals surface area (Å²) < 4.78 is 2.09. The van der Waals surface area contributed by atoms with E-state index in [1.165, 1.54) is 11.3 Å². The Bertz CT molecular complexity index is 798. The van der Waals surface area contributed by atoms with Crippen LogP contribution in [-0.4, -0.2) is 31.8 Å². The SMILES string of the molecule is Cc1nn(C(C)C)c(C)c1CN(C)c1ncnc2[nH]ccc12. The van der Waals surface area contributed by atoms with E-state index in [4.69, 9.17) is 0 Å². The number of aryl methyl sites for hydroxylation is 1. The molecular weight excluding hydrogens is 276 g/mol. The van der Waals surface area contributed by atoms with Gasteiger partial charge in [-0.05, 0) is 33.8 Å². The van der Waals surface area contributed by atoms with Gasteiger partial charge in [0.2, 0.25) is 0 Å². The van der Waals surface area contributed by atoms with Crippen LogP contribution in [0.1, 0.15) is 36.8 Å². The van der Waals surface area contributed by atoms with Crippen molar-refractivity contribution in [1.29, 1.82) is 0 Å². The van der Waals surface area contributed by atoms with Crippen molar-refractivity contribution in [2.24, 2.45) is 0 Å². The largest absolute Gasteiger partial charge is 0.355 e.